The van der Waals surface area contributed by atoms with Crippen LogP contribution in [-0.4, -0.2) is 39.6 Å². The number of hydrogen-bond donors (Lipinski definition) is 0. The molecule has 0 aliphatic carbocycles. The van der Waals surface area contributed by atoms with Crippen molar-refractivity contribution in [1.82, 2.24) is 20.4 Å². The van der Waals surface area contributed by atoms with E-state index >= 15 is 0 Å². The second kappa shape index (κ2) is 6.53. The highest BCUT2D eigenvalue weighted by atomic mass is 19.4. The van der Waals surface area contributed by atoms with Gasteiger partial charge in [-0.1, -0.05) is 12.1 Å². The fourth-order valence-corrected chi connectivity index (χ4v) is 2.69. The highest BCUT2D eigenvalue weighted by molar-refractivity contribution is 5.50. The van der Waals surface area contributed by atoms with Crippen molar-refractivity contribution in [3.05, 3.63) is 47.9 Å². The molecule has 0 amide bonds. The molecule has 3 heterocycles. The predicted molar refractivity (Wildman–Crippen MR) is 88.1 cm³/mol. The van der Waals surface area contributed by atoms with Crippen LogP contribution in [0.1, 0.15) is 11.5 Å². The summed E-state index contributed by atoms with van der Waals surface area (Å²) in [4.78, 5) is 1.86. The van der Waals surface area contributed by atoms with Crippen molar-refractivity contribution < 1.29 is 22.3 Å². The number of aryl methyl sites for hydroxylation is 1. The molecule has 1 fully saturated rings. The Hall–Kier alpha value is -3.17. The van der Waals surface area contributed by atoms with Gasteiger partial charge in [-0.25, -0.2) is 0 Å². The minimum atomic E-state index is -4.45. The molecule has 0 radical (unpaired) electrons. The highest BCUT2D eigenvalue weighted by Gasteiger charge is 2.36. The predicted octanol–water partition coefficient (Wildman–Crippen LogP) is 3.12. The molecule has 0 saturated carbocycles. The Balaban J connectivity index is 1.39. The first kappa shape index (κ1) is 17.3. The van der Waals surface area contributed by atoms with Gasteiger partial charge in [0.1, 0.15) is 17.5 Å². The monoisotopic (exact) mass is 377 g/mol. The Morgan fingerprint density at radius 1 is 1.04 bits per heavy atom. The zero-order chi connectivity index (χ0) is 19.0. The normalized spacial score (nSPS) is 14.9. The summed E-state index contributed by atoms with van der Waals surface area (Å²) in [6.07, 6.45) is -4.80. The Morgan fingerprint density at radius 3 is 2.44 bits per heavy atom. The van der Waals surface area contributed by atoms with Crippen molar-refractivity contribution in [2.45, 2.75) is 19.2 Å². The zero-order valence-corrected chi connectivity index (χ0v) is 14.1. The van der Waals surface area contributed by atoms with Crippen LogP contribution in [0.5, 0.6) is 5.75 Å². The average molecular weight is 377 g/mol. The van der Waals surface area contributed by atoms with Crippen LogP contribution >= 0.6 is 0 Å². The van der Waals surface area contributed by atoms with E-state index in [1.807, 2.05) is 4.90 Å². The Kier molecular flexibility index (Phi) is 4.17. The van der Waals surface area contributed by atoms with Gasteiger partial charge in [-0.3, -0.25) is 0 Å². The van der Waals surface area contributed by atoms with E-state index in [1.165, 1.54) is 18.2 Å². The van der Waals surface area contributed by atoms with Crippen molar-refractivity contribution in [3.8, 4) is 17.3 Å². The van der Waals surface area contributed by atoms with E-state index in [0.29, 0.717) is 30.5 Å². The molecule has 3 aromatic rings. The minimum Gasteiger partial charge on any atom is -0.486 e. The number of nitrogens with zero attached hydrogens (tertiary/aromatic N) is 5. The van der Waals surface area contributed by atoms with Gasteiger partial charge in [-0.05, 0) is 24.3 Å². The van der Waals surface area contributed by atoms with Gasteiger partial charge in [0.25, 0.3) is 5.89 Å². The summed E-state index contributed by atoms with van der Waals surface area (Å²) in [5, 5.41) is 15.7. The first-order valence-electron chi connectivity index (χ1n) is 8.12. The molecular weight excluding hydrogens is 363 g/mol. The number of ether oxygens (including phenoxy) is 1. The number of hydrogen-bond acceptors (Lipinski definition) is 7. The Labute approximate surface area is 151 Å². The number of benzene rings is 1. The number of halogens is 3. The molecule has 1 aliphatic heterocycles. The molecule has 0 N–H and O–H groups in total. The molecule has 1 aliphatic rings. The number of para-hydroxylation sites is 1. The van der Waals surface area contributed by atoms with Gasteiger partial charge in [0.15, 0.2) is 5.82 Å². The van der Waals surface area contributed by atoms with Crippen LogP contribution in [0.4, 0.5) is 19.0 Å². The van der Waals surface area contributed by atoms with E-state index in [-0.39, 0.29) is 17.7 Å². The molecule has 140 valence electrons. The van der Waals surface area contributed by atoms with Crippen LogP contribution in [0.25, 0.3) is 11.6 Å². The van der Waals surface area contributed by atoms with Crippen LogP contribution in [0.2, 0.25) is 0 Å². The largest absolute Gasteiger partial charge is 0.486 e. The van der Waals surface area contributed by atoms with E-state index in [4.69, 9.17) is 9.15 Å². The molecular formula is C17H14F3N5O2. The molecule has 0 bridgehead atoms. The maximum absolute atomic E-state index is 13.0. The topological polar surface area (TPSA) is 77.2 Å². The van der Waals surface area contributed by atoms with E-state index < -0.39 is 11.7 Å². The molecule has 0 unspecified atom stereocenters. The lowest BCUT2D eigenvalue weighted by Crippen LogP contribution is -2.54. The van der Waals surface area contributed by atoms with Gasteiger partial charge in [-0.2, -0.15) is 13.2 Å². The van der Waals surface area contributed by atoms with Gasteiger partial charge in [0.05, 0.1) is 18.7 Å². The summed E-state index contributed by atoms with van der Waals surface area (Å²) in [5.41, 5.74) is -0.325. The van der Waals surface area contributed by atoms with Crippen LogP contribution in [0.15, 0.2) is 40.8 Å². The van der Waals surface area contributed by atoms with E-state index in [0.717, 1.165) is 6.07 Å². The fraction of sp³-hybridized carbons (Fsp3) is 0.294. The first-order chi connectivity index (χ1) is 12.9. The minimum absolute atomic E-state index is 0.164. The summed E-state index contributed by atoms with van der Waals surface area (Å²) in [6.45, 7) is 2.51. The average Bonchev–Trinajstić information content (AvgIpc) is 3.04. The molecule has 2 aromatic heterocycles. The lowest BCUT2D eigenvalue weighted by Gasteiger charge is -2.39. The summed E-state index contributed by atoms with van der Waals surface area (Å²) in [5.74, 6) is 1.14. The second-order valence-electron chi connectivity index (χ2n) is 6.04. The Morgan fingerprint density at radius 2 is 1.81 bits per heavy atom. The highest BCUT2D eigenvalue weighted by Crippen LogP contribution is 2.37. The van der Waals surface area contributed by atoms with E-state index in [2.05, 4.69) is 20.4 Å². The smallest absolute Gasteiger partial charge is 0.419 e. The quantitative estimate of drug-likeness (QED) is 0.691. The maximum Gasteiger partial charge on any atom is 0.419 e. The third-order valence-electron chi connectivity index (χ3n) is 4.05. The van der Waals surface area contributed by atoms with Gasteiger partial charge >= 0.3 is 6.18 Å². The summed E-state index contributed by atoms with van der Waals surface area (Å²) >= 11 is 0. The van der Waals surface area contributed by atoms with E-state index in [9.17, 15) is 13.2 Å². The van der Waals surface area contributed by atoms with Crippen molar-refractivity contribution in [1.29, 1.82) is 0 Å². The molecule has 27 heavy (non-hydrogen) atoms. The molecule has 7 nitrogen and oxygen atoms in total. The SMILES string of the molecule is Cc1nnc(-c2ccc(N3CC(Oc4ccccc4C(F)(F)F)C3)nn2)o1. The number of aromatic nitrogens is 4. The molecule has 10 heteroatoms. The van der Waals surface area contributed by atoms with Crippen molar-refractivity contribution in [3.63, 3.8) is 0 Å². The standard InChI is InChI=1S/C17H14F3N5O2/c1-10-21-24-16(26-10)13-6-7-15(23-22-13)25-8-11(9-25)27-14-5-3-2-4-12(14)17(18,19)20/h2-7,11H,8-9H2,1H3. The van der Waals surface area contributed by atoms with Crippen LogP contribution < -0.4 is 9.64 Å². The fourth-order valence-electron chi connectivity index (χ4n) is 2.69. The third-order valence-corrected chi connectivity index (χ3v) is 4.05. The van der Waals surface area contributed by atoms with Crippen LogP contribution in [-0.2, 0) is 6.18 Å². The number of anilines is 1. The van der Waals surface area contributed by atoms with Crippen LogP contribution in [0.3, 0.4) is 0 Å². The summed E-state index contributed by atoms with van der Waals surface area (Å²) in [6, 6.07) is 8.63. The zero-order valence-electron chi connectivity index (χ0n) is 14.1. The number of rotatable bonds is 4. The third kappa shape index (κ3) is 3.55. The Bertz CT molecular complexity index is 936. The molecule has 1 aromatic carbocycles. The van der Waals surface area contributed by atoms with Gasteiger partial charge in [0.2, 0.25) is 5.89 Å². The number of alkyl halides is 3. The van der Waals surface area contributed by atoms with Gasteiger partial charge < -0.3 is 14.1 Å². The molecule has 0 atom stereocenters. The van der Waals surface area contributed by atoms with Gasteiger partial charge in [0, 0.05) is 6.92 Å². The lowest BCUT2D eigenvalue weighted by molar-refractivity contribution is -0.139. The van der Waals surface area contributed by atoms with Crippen molar-refractivity contribution in [2.75, 3.05) is 18.0 Å². The van der Waals surface area contributed by atoms with Crippen molar-refractivity contribution in [2.24, 2.45) is 0 Å². The maximum atomic E-state index is 13.0. The second-order valence-corrected chi connectivity index (χ2v) is 6.04. The lowest BCUT2D eigenvalue weighted by atomic mass is 10.1. The molecule has 4 rings (SSSR count). The molecule has 0 spiro atoms. The van der Waals surface area contributed by atoms with Crippen molar-refractivity contribution >= 4 is 5.82 Å². The first-order valence-corrected chi connectivity index (χ1v) is 8.12. The van der Waals surface area contributed by atoms with Crippen LogP contribution in [0, 0.1) is 6.92 Å². The van der Waals surface area contributed by atoms with E-state index in [1.54, 1.807) is 19.1 Å². The van der Waals surface area contributed by atoms with Gasteiger partial charge in [-0.15, -0.1) is 20.4 Å². The summed E-state index contributed by atoms with van der Waals surface area (Å²) in [7, 11) is 0. The summed E-state index contributed by atoms with van der Waals surface area (Å²) < 4.78 is 49.8. The molecule has 1 saturated heterocycles.